The van der Waals surface area contributed by atoms with Gasteiger partial charge in [0.05, 0.1) is 17.4 Å². The van der Waals surface area contributed by atoms with Crippen molar-refractivity contribution in [3.63, 3.8) is 0 Å². The number of fused-ring (bicyclic) bond motifs is 1. The van der Waals surface area contributed by atoms with Crippen LogP contribution in [-0.4, -0.2) is 33.9 Å². The molecule has 22 heavy (non-hydrogen) atoms. The van der Waals surface area contributed by atoms with E-state index >= 15 is 0 Å². The summed E-state index contributed by atoms with van der Waals surface area (Å²) in [6, 6.07) is 0. The van der Waals surface area contributed by atoms with Crippen molar-refractivity contribution in [2.45, 2.75) is 71.0 Å². The van der Waals surface area contributed by atoms with Crippen LogP contribution in [-0.2, 0) is 14.3 Å². The van der Waals surface area contributed by atoms with Crippen molar-refractivity contribution in [1.82, 2.24) is 0 Å². The first-order chi connectivity index (χ1) is 10.1. The number of rotatable bonds is 5. The lowest BCUT2D eigenvalue weighted by Gasteiger charge is -2.38. The summed E-state index contributed by atoms with van der Waals surface area (Å²) < 4.78 is 5.61. The summed E-state index contributed by atoms with van der Waals surface area (Å²) in [6.45, 7) is 5.86. The van der Waals surface area contributed by atoms with Gasteiger partial charge in [-0.05, 0) is 43.9 Å². The smallest absolute Gasteiger partial charge is 0.312 e. The molecule has 0 saturated heterocycles. The number of carbonyl (C=O) groups excluding carboxylic acids is 1. The van der Waals surface area contributed by atoms with Crippen molar-refractivity contribution >= 4 is 11.9 Å². The van der Waals surface area contributed by atoms with Crippen molar-refractivity contribution < 1.29 is 24.5 Å². The van der Waals surface area contributed by atoms with Gasteiger partial charge in [-0.1, -0.05) is 20.8 Å². The lowest BCUT2D eigenvalue weighted by atomic mass is 9.67. The van der Waals surface area contributed by atoms with Crippen LogP contribution in [0.2, 0.25) is 0 Å². The minimum absolute atomic E-state index is 0.0366. The second-order valence-corrected chi connectivity index (χ2v) is 8.42. The van der Waals surface area contributed by atoms with Crippen molar-refractivity contribution in [1.29, 1.82) is 0 Å². The molecular formula is C17H26O5. The van der Waals surface area contributed by atoms with Crippen LogP contribution in [0.3, 0.4) is 0 Å². The number of aliphatic hydroxyl groups is 1. The summed E-state index contributed by atoms with van der Waals surface area (Å²) in [5, 5.41) is 19.6. The molecule has 3 saturated carbocycles. The first-order valence-electron chi connectivity index (χ1n) is 8.27. The van der Waals surface area contributed by atoms with Crippen molar-refractivity contribution in [2.75, 3.05) is 0 Å². The molecule has 0 amide bonds. The van der Waals surface area contributed by atoms with E-state index in [0.29, 0.717) is 18.8 Å². The standard InChI is InChI=1S/C17H26O5/c1-10(2)12(4-13(18)19)22-14(20)15-5-11(3)6-16(7-15)9-17(16,21)8-15/h10-12,21H,4-9H2,1-3H3,(H,18,19). The van der Waals surface area contributed by atoms with Crippen LogP contribution in [0.4, 0.5) is 0 Å². The van der Waals surface area contributed by atoms with E-state index in [9.17, 15) is 14.7 Å². The van der Waals surface area contributed by atoms with E-state index in [-0.39, 0.29) is 23.7 Å². The zero-order chi connectivity index (χ0) is 16.3. The molecule has 3 aliphatic rings. The number of carboxylic acids is 1. The Labute approximate surface area is 131 Å². The van der Waals surface area contributed by atoms with Crippen LogP contribution in [0.5, 0.6) is 0 Å². The van der Waals surface area contributed by atoms with Crippen LogP contribution in [0.15, 0.2) is 0 Å². The molecule has 1 spiro atoms. The maximum absolute atomic E-state index is 12.8. The molecule has 5 atom stereocenters. The third-order valence-electron chi connectivity index (χ3n) is 6.09. The van der Waals surface area contributed by atoms with E-state index in [1.165, 1.54) is 0 Å². The lowest BCUT2D eigenvalue weighted by molar-refractivity contribution is -0.170. The largest absolute Gasteiger partial charge is 0.481 e. The van der Waals surface area contributed by atoms with Gasteiger partial charge in [-0.25, -0.2) is 0 Å². The van der Waals surface area contributed by atoms with E-state index < -0.39 is 23.1 Å². The molecule has 3 aliphatic carbocycles. The molecule has 5 unspecified atom stereocenters. The van der Waals surface area contributed by atoms with Gasteiger partial charge in [-0.15, -0.1) is 0 Å². The Kier molecular flexibility index (Phi) is 3.37. The van der Waals surface area contributed by atoms with Crippen LogP contribution < -0.4 is 0 Å². The molecule has 2 bridgehead atoms. The Morgan fingerprint density at radius 3 is 2.50 bits per heavy atom. The van der Waals surface area contributed by atoms with Gasteiger partial charge in [0.25, 0.3) is 0 Å². The molecule has 0 aromatic rings. The fraction of sp³-hybridized carbons (Fsp3) is 0.882. The predicted octanol–water partition coefficient (Wildman–Crippen LogP) is 2.36. The van der Waals surface area contributed by atoms with Gasteiger partial charge in [-0.3, -0.25) is 9.59 Å². The van der Waals surface area contributed by atoms with Gasteiger partial charge in [-0.2, -0.15) is 0 Å². The number of hydrogen-bond donors (Lipinski definition) is 2. The number of ether oxygens (including phenoxy) is 1. The highest BCUT2D eigenvalue weighted by molar-refractivity contribution is 5.79. The van der Waals surface area contributed by atoms with Crippen LogP contribution in [0.1, 0.15) is 59.3 Å². The monoisotopic (exact) mass is 310 g/mol. The highest BCUT2D eigenvalue weighted by Crippen LogP contribution is 2.78. The summed E-state index contributed by atoms with van der Waals surface area (Å²) in [5.74, 6) is -0.885. The second-order valence-electron chi connectivity index (χ2n) is 8.42. The number of carbonyl (C=O) groups is 2. The molecule has 2 N–H and O–H groups in total. The maximum Gasteiger partial charge on any atom is 0.312 e. The summed E-state index contributed by atoms with van der Waals surface area (Å²) in [6.07, 6.45) is 2.97. The predicted molar refractivity (Wildman–Crippen MR) is 79.0 cm³/mol. The zero-order valence-corrected chi connectivity index (χ0v) is 13.6. The Morgan fingerprint density at radius 2 is 1.91 bits per heavy atom. The van der Waals surface area contributed by atoms with E-state index in [4.69, 9.17) is 9.84 Å². The van der Waals surface area contributed by atoms with Gasteiger partial charge in [0.15, 0.2) is 0 Å². The number of hydrogen-bond acceptors (Lipinski definition) is 4. The quantitative estimate of drug-likeness (QED) is 0.762. The van der Waals surface area contributed by atoms with E-state index in [1.807, 2.05) is 13.8 Å². The molecule has 3 rings (SSSR count). The fourth-order valence-electron chi connectivity index (χ4n) is 5.22. The summed E-state index contributed by atoms with van der Waals surface area (Å²) in [4.78, 5) is 23.8. The van der Waals surface area contributed by atoms with E-state index in [0.717, 1.165) is 19.3 Å². The molecule has 5 heteroatoms. The SMILES string of the molecule is CC1CC2(C(=O)OC(CC(=O)O)C(C)C)CC3(O)CC3(C1)C2. The topological polar surface area (TPSA) is 83.8 Å². The first kappa shape index (κ1) is 15.8. The number of aliphatic carboxylic acids is 1. The molecular weight excluding hydrogens is 284 g/mol. The average molecular weight is 310 g/mol. The maximum atomic E-state index is 12.8. The number of esters is 1. The summed E-state index contributed by atoms with van der Waals surface area (Å²) in [5.41, 5.74) is -1.36. The van der Waals surface area contributed by atoms with Gasteiger partial charge in [0.2, 0.25) is 0 Å². The molecule has 0 heterocycles. The van der Waals surface area contributed by atoms with Gasteiger partial charge < -0.3 is 14.9 Å². The van der Waals surface area contributed by atoms with Crippen LogP contribution >= 0.6 is 0 Å². The number of carboxylic acid groups (broad SMARTS) is 1. The normalized spacial score (nSPS) is 43.6. The third-order valence-corrected chi connectivity index (χ3v) is 6.09. The van der Waals surface area contributed by atoms with Gasteiger partial charge in [0, 0.05) is 5.41 Å². The van der Waals surface area contributed by atoms with E-state index in [1.54, 1.807) is 0 Å². The first-order valence-corrected chi connectivity index (χ1v) is 8.27. The van der Waals surface area contributed by atoms with Gasteiger partial charge in [0.1, 0.15) is 6.10 Å². The Morgan fingerprint density at radius 1 is 1.23 bits per heavy atom. The lowest BCUT2D eigenvalue weighted by Crippen LogP contribution is -2.41. The van der Waals surface area contributed by atoms with Crippen LogP contribution in [0.25, 0.3) is 0 Å². The second kappa shape index (κ2) is 4.70. The third kappa shape index (κ3) is 2.25. The molecule has 5 nitrogen and oxygen atoms in total. The fourth-order valence-corrected chi connectivity index (χ4v) is 5.22. The molecule has 124 valence electrons. The summed E-state index contributed by atoms with van der Waals surface area (Å²) in [7, 11) is 0. The average Bonchev–Trinajstić information content (AvgIpc) is 2.80. The van der Waals surface area contributed by atoms with Crippen LogP contribution in [0, 0.1) is 22.7 Å². The summed E-state index contributed by atoms with van der Waals surface area (Å²) >= 11 is 0. The molecule has 3 fully saturated rings. The van der Waals surface area contributed by atoms with Crippen molar-refractivity contribution in [2.24, 2.45) is 22.7 Å². The molecule has 0 aliphatic heterocycles. The molecule has 0 aromatic carbocycles. The Balaban J connectivity index is 1.76. The molecule has 0 aromatic heterocycles. The Bertz CT molecular complexity index is 511. The minimum Gasteiger partial charge on any atom is -0.481 e. The van der Waals surface area contributed by atoms with Gasteiger partial charge >= 0.3 is 11.9 Å². The van der Waals surface area contributed by atoms with E-state index in [2.05, 4.69) is 6.92 Å². The molecule has 0 radical (unpaired) electrons. The highest BCUT2D eigenvalue weighted by atomic mass is 16.5. The minimum atomic E-state index is -0.953. The van der Waals surface area contributed by atoms with Crippen molar-refractivity contribution in [3.8, 4) is 0 Å². The van der Waals surface area contributed by atoms with Crippen molar-refractivity contribution in [3.05, 3.63) is 0 Å². The Hall–Kier alpha value is -1.10. The zero-order valence-electron chi connectivity index (χ0n) is 13.6. The highest BCUT2D eigenvalue weighted by Gasteiger charge is 2.79.